The van der Waals surface area contributed by atoms with Crippen molar-refractivity contribution in [3.05, 3.63) is 35.4 Å². The summed E-state index contributed by atoms with van der Waals surface area (Å²) in [5.41, 5.74) is 7.26. The van der Waals surface area contributed by atoms with Crippen LogP contribution in [-0.2, 0) is 13.1 Å². The van der Waals surface area contributed by atoms with Crippen LogP contribution < -0.4 is 5.73 Å². The molecule has 1 aromatic carbocycles. The van der Waals surface area contributed by atoms with Crippen molar-refractivity contribution in [3.8, 4) is 0 Å². The molecule has 0 bridgehead atoms. The van der Waals surface area contributed by atoms with E-state index in [1.54, 1.807) is 12.1 Å². The van der Waals surface area contributed by atoms with Crippen LogP contribution in [-0.4, -0.2) is 6.54 Å². The number of rotatable bonds is 3. The first-order chi connectivity index (χ1) is 5.36. The standard InChI is InChI=1S/C9H12FN/c10-7-9-3-1-8(2-4-9)5-6-11/h1-4H,5-7,11H2. The fraction of sp³-hybridized carbons (Fsp3) is 0.333. The van der Waals surface area contributed by atoms with Gasteiger partial charge in [-0.1, -0.05) is 24.3 Å². The zero-order valence-electron chi connectivity index (χ0n) is 6.39. The van der Waals surface area contributed by atoms with Gasteiger partial charge in [0.2, 0.25) is 0 Å². The quantitative estimate of drug-likeness (QED) is 0.702. The lowest BCUT2D eigenvalue weighted by Gasteiger charge is -1.98. The maximum Gasteiger partial charge on any atom is 0.115 e. The third-order valence-electron chi connectivity index (χ3n) is 1.61. The van der Waals surface area contributed by atoms with Gasteiger partial charge in [-0.05, 0) is 24.1 Å². The van der Waals surface area contributed by atoms with E-state index < -0.39 is 0 Å². The predicted molar refractivity (Wildman–Crippen MR) is 44.0 cm³/mol. The Morgan fingerprint density at radius 2 is 1.64 bits per heavy atom. The topological polar surface area (TPSA) is 26.0 Å². The molecule has 0 aliphatic carbocycles. The van der Waals surface area contributed by atoms with Crippen molar-refractivity contribution < 1.29 is 4.39 Å². The van der Waals surface area contributed by atoms with Crippen LogP contribution in [0, 0.1) is 0 Å². The van der Waals surface area contributed by atoms with Crippen LogP contribution in [0.4, 0.5) is 4.39 Å². The van der Waals surface area contributed by atoms with Gasteiger partial charge in [0.1, 0.15) is 6.67 Å². The zero-order valence-corrected chi connectivity index (χ0v) is 6.39. The van der Waals surface area contributed by atoms with Crippen LogP contribution >= 0.6 is 0 Å². The molecular formula is C9H12FN. The summed E-state index contributed by atoms with van der Waals surface area (Å²) in [4.78, 5) is 0. The molecule has 0 amide bonds. The molecule has 0 radical (unpaired) electrons. The highest BCUT2D eigenvalue weighted by atomic mass is 19.1. The van der Waals surface area contributed by atoms with E-state index in [0.717, 1.165) is 12.0 Å². The molecule has 0 aliphatic rings. The second kappa shape index (κ2) is 4.09. The normalized spacial score (nSPS) is 10.0. The van der Waals surface area contributed by atoms with Crippen LogP contribution in [0.3, 0.4) is 0 Å². The smallest absolute Gasteiger partial charge is 0.115 e. The van der Waals surface area contributed by atoms with Crippen LogP contribution in [0.2, 0.25) is 0 Å². The molecule has 1 aromatic rings. The van der Waals surface area contributed by atoms with Gasteiger partial charge >= 0.3 is 0 Å². The summed E-state index contributed by atoms with van der Waals surface area (Å²) in [6.07, 6.45) is 0.868. The molecule has 0 saturated carbocycles. The molecule has 0 aliphatic heterocycles. The van der Waals surface area contributed by atoms with Gasteiger partial charge < -0.3 is 5.73 Å². The molecule has 0 fully saturated rings. The molecule has 2 N–H and O–H groups in total. The lowest BCUT2D eigenvalue weighted by molar-refractivity contribution is 0.485. The zero-order chi connectivity index (χ0) is 8.10. The summed E-state index contributed by atoms with van der Waals surface area (Å²) in [7, 11) is 0. The van der Waals surface area contributed by atoms with Gasteiger partial charge in [0.25, 0.3) is 0 Å². The molecule has 0 atom stereocenters. The molecule has 0 aromatic heterocycles. The third-order valence-corrected chi connectivity index (χ3v) is 1.61. The van der Waals surface area contributed by atoms with Gasteiger partial charge in [0.05, 0.1) is 0 Å². The minimum Gasteiger partial charge on any atom is -0.330 e. The van der Waals surface area contributed by atoms with Crippen molar-refractivity contribution in [1.29, 1.82) is 0 Å². The fourth-order valence-electron chi connectivity index (χ4n) is 0.962. The molecule has 60 valence electrons. The maximum absolute atomic E-state index is 12.0. The van der Waals surface area contributed by atoms with Gasteiger partial charge in [0, 0.05) is 0 Å². The lowest BCUT2D eigenvalue weighted by atomic mass is 10.1. The number of hydrogen-bond acceptors (Lipinski definition) is 1. The molecule has 0 spiro atoms. The Morgan fingerprint density at radius 1 is 1.09 bits per heavy atom. The van der Waals surface area contributed by atoms with Gasteiger partial charge in [-0.25, -0.2) is 4.39 Å². The highest BCUT2D eigenvalue weighted by Crippen LogP contribution is 2.05. The first kappa shape index (κ1) is 8.21. The Bertz CT molecular complexity index is 205. The van der Waals surface area contributed by atoms with E-state index in [9.17, 15) is 4.39 Å². The monoisotopic (exact) mass is 153 g/mol. The third kappa shape index (κ3) is 2.31. The van der Waals surface area contributed by atoms with E-state index in [1.165, 1.54) is 5.56 Å². The van der Waals surface area contributed by atoms with Crippen LogP contribution in [0.5, 0.6) is 0 Å². The van der Waals surface area contributed by atoms with E-state index in [1.807, 2.05) is 12.1 Å². The first-order valence-corrected chi connectivity index (χ1v) is 3.70. The van der Waals surface area contributed by atoms with Crippen molar-refractivity contribution in [2.75, 3.05) is 6.54 Å². The van der Waals surface area contributed by atoms with E-state index >= 15 is 0 Å². The molecule has 0 heterocycles. The summed E-state index contributed by atoms with van der Waals surface area (Å²) in [6.45, 7) is 0.262. The van der Waals surface area contributed by atoms with Crippen molar-refractivity contribution in [2.45, 2.75) is 13.1 Å². The van der Waals surface area contributed by atoms with E-state index in [2.05, 4.69) is 0 Å². The van der Waals surface area contributed by atoms with Gasteiger partial charge in [-0.15, -0.1) is 0 Å². The Labute approximate surface area is 66.0 Å². The Kier molecular flexibility index (Phi) is 3.05. The summed E-state index contributed by atoms with van der Waals surface area (Å²) < 4.78 is 12.0. The summed E-state index contributed by atoms with van der Waals surface area (Å²) in [5.74, 6) is 0. The van der Waals surface area contributed by atoms with Gasteiger partial charge in [-0.3, -0.25) is 0 Å². The molecule has 1 nitrogen and oxygen atoms in total. The number of alkyl halides is 1. The highest BCUT2D eigenvalue weighted by Gasteiger charge is 1.91. The summed E-state index contributed by atoms with van der Waals surface area (Å²) in [5, 5.41) is 0. The number of hydrogen-bond donors (Lipinski definition) is 1. The average Bonchev–Trinajstić information content (AvgIpc) is 2.07. The Hall–Kier alpha value is -0.890. The second-order valence-electron chi connectivity index (χ2n) is 2.49. The number of benzene rings is 1. The molecule has 11 heavy (non-hydrogen) atoms. The maximum atomic E-state index is 12.0. The molecule has 1 rings (SSSR count). The SMILES string of the molecule is NCCc1ccc(CF)cc1. The van der Waals surface area contributed by atoms with Gasteiger partial charge in [-0.2, -0.15) is 0 Å². The van der Waals surface area contributed by atoms with Crippen LogP contribution in [0.25, 0.3) is 0 Å². The van der Waals surface area contributed by atoms with Crippen molar-refractivity contribution >= 4 is 0 Å². The van der Waals surface area contributed by atoms with Crippen LogP contribution in [0.15, 0.2) is 24.3 Å². The molecule has 2 heteroatoms. The Morgan fingerprint density at radius 3 is 2.09 bits per heavy atom. The van der Waals surface area contributed by atoms with Crippen LogP contribution in [0.1, 0.15) is 11.1 Å². The van der Waals surface area contributed by atoms with E-state index in [0.29, 0.717) is 6.54 Å². The second-order valence-corrected chi connectivity index (χ2v) is 2.49. The minimum atomic E-state index is -0.386. The molecule has 0 unspecified atom stereocenters. The van der Waals surface area contributed by atoms with Crippen molar-refractivity contribution in [3.63, 3.8) is 0 Å². The average molecular weight is 153 g/mol. The number of halogens is 1. The molecule has 0 saturated heterocycles. The van der Waals surface area contributed by atoms with Crippen molar-refractivity contribution in [1.82, 2.24) is 0 Å². The largest absolute Gasteiger partial charge is 0.330 e. The van der Waals surface area contributed by atoms with E-state index in [4.69, 9.17) is 5.73 Å². The van der Waals surface area contributed by atoms with Crippen molar-refractivity contribution in [2.24, 2.45) is 5.73 Å². The summed E-state index contributed by atoms with van der Waals surface area (Å²) in [6, 6.07) is 7.43. The minimum absolute atomic E-state index is 0.386. The molecular weight excluding hydrogens is 141 g/mol. The number of nitrogens with two attached hydrogens (primary N) is 1. The Balaban J connectivity index is 2.66. The first-order valence-electron chi connectivity index (χ1n) is 3.70. The fourth-order valence-corrected chi connectivity index (χ4v) is 0.962. The van der Waals surface area contributed by atoms with E-state index in [-0.39, 0.29) is 6.67 Å². The lowest BCUT2D eigenvalue weighted by Crippen LogP contribution is -2.02. The predicted octanol–water partition coefficient (Wildman–Crippen LogP) is 1.66. The highest BCUT2D eigenvalue weighted by molar-refractivity contribution is 5.22. The summed E-state index contributed by atoms with van der Waals surface area (Å²) >= 11 is 0. The van der Waals surface area contributed by atoms with Gasteiger partial charge in [0.15, 0.2) is 0 Å².